The van der Waals surface area contributed by atoms with Crippen LogP contribution in [0.3, 0.4) is 0 Å². The first-order chi connectivity index (χ1) is 18.1. The molecule has 0 saturated carbocycles. The Bertz CT molecular complexity index is 1300. The van der Waals surface area contributed by atoms with Crippen molar-refractivity contribution >= 4 is 23.5 Å². The van der Waals surface area contributed by atoms with E-state index in [0.29, 0.717) is 55.4 Å². The van der Waals surface area contributed by atoms with Crippen molar-refractivity contribution in [1.82, 2.24) is 9.88 Å². The largest absolute Gasteiger partial charge is 0.466 e. The number of ether oxygens (including phenoxy) is 1. The molecule has 0 atom stereocenters. The molecule has 0 radical (unpaired) electrons. The van der Waals surface area contributed by atoms with Crippen molar-refractivity contribution in [2.75, 3.05) is 25.0 Å². The summed E-state index contributed by atoms with van der Waals surface area (Å²) in [6.45, 7) is 10.9. The van der Waals surface area contributed by atoms with E-state index in [2.05, 4.69) is 31.1 Å². The van der Waals surface area contributed by atoms with E-state index in [0.717, 1.165) is 5.56 Å². The number of carbonyl (C=O) groups excluding carboxylic acids is 3. The molecule has 1 aliphatic rings. The number of aromatic nitrogens is 1. The van der Waals surface area contributed by atoms with Gasteiger partial charge in [-0.25, -0.2) is 4.98 Å². The fourth-order valence-corrected chi connectivity index (χ4v) is 4.53. The van der Waals surface area contributed by atoms with Crippen LogP contribution < -0.4 is 5.32 Å². The van der Waals surface area contributed by atoms with Gasteiger partial charge in [0.1, 0.15) is 0 Å². The standard InChI is InChI=1S/C30H35N3O5/c1-6-37-29(36)22-15-17-33(18-16-22)28(35)25-26(20-9-13-24(14-10-20)31-19(2)34)38-27(32-25)21-7-11-23(12-8-21)30(3,4)5/h7-14,22H,6,15-18H2,1-5H3,(H,31,34). The summed E-state index contributed by atoms with van der Waals surface area (Å²) >= 11 is 0. The van der Waals surface area contributed by atoms with Crippen LogP contribution in [0.25, 0.3) is 22.8 Å². The van der Waals surface area contributed by atoms with E-state index >= 15 is 0 Å². The molecule has 0 bridgehead atoms. The van der Waals surface area contributed by atoms with Gasteiger partial charge in [-0.2, -0.15) is 0 Å². The lowest BCUT2D eigenvalue weighted by Gasteiger charge is -2.30. The van der Waals surface area contributed by atoms with Crippen LogP contribution in [0, 0.1) is 5.92 Å². The number of esters is 1. The maximum atomic E-state index is 13.7. The number of carbonyl (C=O) groups is 3. The zero-order valence-electron chi connectivity index (χ0n) is 22.7. The molecule has 0 aliphatic carbocycles. The third kappa shape index (κ3) is 6.13. The lowest BCUT2D eigenvalue weighted by Crippen LogP contribution is -2.41. The topological polar surface area (TPSA) is 102 Å². The normalized spacial score (nSPS) is 14.3. The average molecular weight is 518 g/mol. The van der Waals surface area contributed by atoms with Gasteiger partial charge < -0.3 is 19.4 Å². The van der Waals surface area contributed by atoms with Gasteiger partial charge in [-0.05, 0) is 67.1 Å². The van der Waals surface area contributed by atoms with Crippen molar-refractivity contribution in [1.29, 1.82) is 0 Å². The minimum Gasteiger partial charge on any atom is -0.466 e. The van der Waals surface area contributed by atoms with Crippen LogP contribution in [0.1, 0.15) is 63.5 Å². The SMILES string of the molecule is CCOC(=O)C1CCN(C(=O)c2nc(-c3ccc(C(C)(C)C)cc3)oc2-c2ccc(NC(C)=O)cc2)CC1. The highest BCUT2D eigenvalue weighted by atomic mass is 16.5. The second-order valence-electron chi connectivity index (χ2n) is 10.6. The molecule has 1 fully saturated rings. The molecular formula is C30H35N3O5. The first kappa shape index (κ1) is 27.1. The van der Waals surface area contributed by atoms with E-state index in [-0.39, 0.29) is 34.8 Å². The van der Waals surface area contributed by atoms with Gasteiger partial charge in [-0.1, -0.05) is 32.9 Å². The maximum Gasteiger partial charge on any atom is 0.309 e. The Morgan fingerprint density at radius 2 is 1.61 bits per heavy atom. The lowest BCUT2D eigenvalue weighted by atomic mass is 9.87. The van der Waals surface area contributed by atoms with Crippen LogP contribution in [0.2, 0.25) is 0 Å². The summed E-state index contributed by atoms with van der Waals surface area (Å²) in [5.74, 6) is -0.0889. The molecule has 1 saturated heterocycles. The van der Waals surface area contributed by atoms with E-state index in [9.17, 15) is 14.4 Å². The summed E-state index contributed by atoms with van der Waals surface area (Å²) in [4.78, 5) is 43.6. The summed E-state index contributed by atoms with van der Waals surface area (Å²) in [6, 6.07) is 15.1. The van der Waals surface area contributed by atoms with Gasteiger partial charge in [-0.3, -0.25) is 14.4 Å². The number of hydrogen-bond acceptors (Lipinski definition) is 6. The predicted octanol–water partition coefficient (Wildman–Crippen LogP) is 5.68. The minimum absolute atomic E-state index is 0.00668. The third-order valence-corrected chi connectivity index (χ3v) is 6.70. The van der Waals surface area contributed by atoms with Crippen LogP contribution >= 0.6 is 0 Å². The van der Waals surface area contributed by atoms with Gasteiger partial charge in [0.2, 0.25) is 11.8 Å². The second kappa shape index (κ2) is 11.2. The molecule has 2 aromatic carbocycles. The predicted molar refractivity (Wildman–Crippen MR) is 146 cm³/mol. The van der Waals surface area contributed by atoms with Crippen LogP contribution in [0.5, 0.6) is 0 Å². The van der Waals surface area contributed by atoms with Crippen molar-refractivity contribution < 1.29 is 23.5 Å². The quantitative estimate of drug-likeness (QED) is 0.422. The van der Waals surface area contributed by atoms with E-state index in [4.69, 9.17) is 9.15 Å². The van der Waals surface area contributed by atoms with Gasteiger partial charge in [0, 0.05) is 36.8 Å². The first-order valence-electron chi connectivity index (χ1n) is 13.0. The van der Waals surface area contributed by atoms with Gasteiger partial charge in [0.25, 0.3) is 5.91 Å². The van der Waals surface area contributed by atoms with Crippen molar-refractivity contribution in [2.24, 2.45) is 5.92 Å². The molecule has 0 spiro atoms. The van der Waals surface area contributed by atoms with E-state index < -0.39 is 0 Å². The van der Waals surface area contributed by atoms with Crippen molar-refractivity contribution in [3.05, 3.63) is 59.8 Å². The molecule has 2 amide bonds. The van der Waals surface area contributed by atoms with Crippen LogP contribution in [0.4, 0.5) is 5.69 Å². The minimum atomic E-state index is -0.241. The number of piperidine rings is 1. The molecule has 2 heterocycles. The van der Waals surface area contributed by atoms with Crippen molar-refractivity contribution in [3.8, 4) is 22.8 Å². The average Bonchev–Trinajstić information content (AvgIpc) is 3.34. The molecule has 1 aromatic heterocycles. The molecule has 1 N–H and O–H groups in total. The highest BCUT2D eigenvalue weighted by Gasteiger charge is 2.32. The van der Waals surface area contributed by atoms with Crippen LogP contribution in [0.15, 0.2) is 52.9 Å². The number of likely N-dealkylation sites (tertiary alicyclic amines) is 1. The molecule has 1 aliphatic heterocycles. The number of nitrogens with one attached hydrogen (secondary N) is 1. The zero-order chi connectivity index (χ0) is 27.4. The second-order valence-corrected chi connectivity index (χ2v) is 10.6. The molecule has 0 unspecified atom stereocenters. The summed E-state index contributed by atoms with van der Waals surface area (Å²) in [6.07, 6.45) is 1.09. The van der Waals surface area contributed by atoms with Gasteiger partial charge in [0.15, 0.2) is 11.5 Å². The van der Waals surface area contributed by atoms with E-state index in [1.165, 1.54) is 12.5 Å². The smallest absolute Gasteiger partial charge is 0.309 e. The molecule has 3 aromatic rings. The molecular weight excluding hydrogens is 482 g/mol. The molecule has 8 heteroatoms. The number of anilines is 1. The number of benzene rings is 2. The van der Waals surface area contributed by atoms with Crippen LogP contribution in [-0.2, 0) is 19.7 Å². The summed E-state index contributed by atoms with van der Waals surface area (Å²) < 4.78 is 11.4. The fraction of sp³-hybridized carbons (Fsp3) is 0.400. The van der Waals surface area contributed by atoms with E-state index in [1.807, 2.05) is 24.3 Å². The Morgan fingerprint density at radius 3 is 2.16 bits per heavy atom. The Labute approximate surface area is 223 Å². The fourth-order valence-electron chi connectivity index (χ4n) is 4.53. The first-order valence-corrected chi connectivity index (χ1v) is 13.0. The number of hydrogen-bond donors (Lipinski definition) is 1. The van der Waals surface area contributed by atoms with E-state index in [1.54, 1.807) is 36.1 Å². The summed E-state index contributed by atoms with van der Waals surface area (Å²) in [5, 5.41) is 2.75. The van der Waals surface area contributed by atoms with Gasteiger partial charge in [-0.15, -0.1) is 0 Å². The highest BCUT2D eigenvalue weighted by molar-refractivity contribution is 5.98. The Morgan fingerprint density at radius 1 is 1.00 bits per heavy atom. The Kier molecular flexibility index (Phi) is 7.99. The lowest BCUT2D eigenvalue weighted by molar-refractivity contribution is -0.149. The number of oxazole rings is 1. The monoisotopic (exact) mass is 517 g/mol. The summed E-state index contributed by atoms with van der Waals surface area (Å²) in [7, 11) is 0. The maximum absolute atomic E-state index is 13.7. The summed E-state index contributed by atoms with van der Waals surface area (Å²) in [5.41, 5.74) is 3.51. The third-order valence-electron chi connectivity index (χ3n) is 6.70. The Balaban J connectivity index is 1.65. The van der Waals surface area contributed by atoms with Gasteiger partial charge >= 0.3 is 5.97 Å². The molecule has 200 valence electrons. The van der Waals surface area contributed by atoms with Crippen molar-refractivity contribution in [3.63, 3.8) is 0 Å². The molecule has 4 rings (SSSR count). The van der Waals surface area contributed by atoms with Gasteiger partial charge in [0.05, 0.1) is 12.5 Å². The molecule has 38 heavy (non-hydrogen) atoms. The number of rotatable bonds is 6. The Hall–Kier alpha value is -3.94. The number of nitrogens with zero attached hydrogens (tertiary/aromatic N) is 2. The number of amides is 2. The zero-order valence-corrected chi connectivity index (χ0v) is 22.7. The molecule has 8 nitrogen and oxygen atoms in total. The van der Waals surface area contributed by atoms with Crippen LogP contribution in [-0.4, -0.2) is 47.4 Å². The van der Waals surface area contributed by atoms with Crippen molar-refractivity contribution in [2.45, 2.75) is 52.9 Å². The highest BCUT2D eigenvalue weighted by Crippen LogP contribution is 2.33.